The molecule has 3 atom stereocenters. The van der Waals surface area contributed by atoms with Gasteiger partial charge in [-0.3, -0.25) is 0 Å². The number of ether oxygens (including phenoxy) is 1. The lowest BCUT2D eigenvalue weighted by Gasteiger charge is -2.21. The summed E-state index contributed by atoms with van der Waals surface area (Å²) in [6.45, 7) is 4.83. The molecule has 3 unspecified atom stereocenters. The zero-order chi connectivity index (χ0) is 11.5. The molecule has 0 bridgehead atoms. The summed E-state index contributed by atoms with van der Waals surface area (Å²) in [7, 11) is -1.06. The van der Waals surface area contributed by atoms with Gasteiger partial charge in [-0.15, -0.1) is 0 Å². The van der Waals surface area contributed by atoms with Crippen molar-refractivity contribution in [3.05, 3.63) is 0 Å². The highest BCUT2D eigenvalue weighted by Gasteiger charge is 2.28. The average Bonchev–Trinajstić information content (AvgIpc) is 2.53. The predicted octanol–water partition coefficient (Wildman–Crippen LogP) is 0.434. The summed E-state index contributed by atoms with van der Waals surface area (Å²) in [5, 5.41) is 3.32. The van der Waals surface area contributed by atoms with E-state index in [1.165, 1.54) is 0 Å². The molecule has 0 aliphatic carbocycles. The molecule has 1 aliphatic rings. The minimum atomic E-state index is -2.74. The van der Waals surface area contributed by atoms with Crippen LogP contribution in [0.4, 0.5) is 0 Å². The van der Waals surface area contributed by atoms with Crippen molar-refractivity contribution >= 4 is 9.84 Å². The fraction of sp³-hybridized carbons (Fsp3) is 1.00. The zero-order valence-electron chi connectivity index (χ0n) is 9.69. The lowest BCUT2D eigenvalue weighted by atomic mass is 10.1. The molecule has 0 aromatic heterocycles. The molecular formula is C10H21NO3S. The highest BCUT2D eigenvalue weighted by atomic mass is 32.2. The molecule has 0 amide bonds. The first-order valence-corrected chi connectivity index (χ1v) is 7.23. The Kier molecular flexibility index (Phi) is 4.55. The van der Waals surface area contributed by atoms with E-state index in [-0.39, 0.29) is 18.1 Å². The summed E-state index contributed by atoms with van der Waals surface area (Å²) in [5.41, 5.74) is 0. The number of sulfone groups is 1. The van der Waals surface area contributed by atoms with Crippen LogP contribution in [0, 0.1) is 5.92 Å². The van der Waals surface area contributed by atoms with Gasteiger partial charge in [0, 0.05) is 13.2 Å². The van der Waals surface area contributed by atoms with E-state index in [1.807, 2.05) is 6.92 Å². The topological polar surface area (TPSA) is 55.4 Å². The molecule has 15 heavy (non-hydrogen) atoms. The van der Waals surface area contributed by atoms with Crippen LogP contribution in [0.3, 0.4) is 0 Å². The first-order chi connectivity index (χ1) is 6.94. The van der Waals surface area contributed by atoms with Crippen molar-refractivity contribution in [1.29, 1.82) is 0 Å². The van der Waals surface area contributed by atoms with Crippen LogP contribution in [0.1, 0.15) is 20.3 Å². The second-order valence-corrected chi connectivity index (χ2v) is 6.64. The summed E-state index contributed by atoms with van der Waals surface area (Å²) in [6.07, 6.45) is 0.951. The monoisotopic (exact) mass is 235 g/mol. The molecule has 1 rings (SSSR count). The first kappa shape index (κ1) is 12.9. The highest BCUT2D eigenvalue weighted by Crippen LogP contribution is 2.17. The van der Waals surface area contributed by atoms with Crippen LogP contribution in [0.2, 0.25) is 0 Å². The molecule has 0 spiro atoms. The maximum absolute atomic E-state index is 11.2. The zero-order valence-corrected chi connectivity index (χ0v) is 10.5. The molecule has 1 saturated heterocycles. The van der Waals surface area contributed by atoms with Gasteiger partial charge >= 0.3 is 0 Å². The number of nitrogens with one attached hydrogen (secondary N) is 1. The Morgan fingerprint density at radius 2 is 2.13 bits per heavy atom. The van der Waals surface area contributed by atoms with E-state index >= 15 is 0 Å². The highest BCUT2D eigenvalue weighted by molar-refractivity contribution is 7.91. The molecule has 0 aromatic rings. The Hall–Kier alpha value is -0.130. The quantitative estimate of drug-likeness (QED) is 0.751. The van der Waals surface area contributed by atoms with Crippen molar-refractivity contribution in [3.63, 3.8) is 0 Å². The van der Waals surface area contributed by atoms with Crippen LogP contribution < -0.4 is 5.32 Å². The molecular weight excluding hydrogens is 214 g/mol. The lowest BCUT2D eigenvalue weighted by Crippen LogP contribution is -2.39. The lowest BCUT2D eigenvalue weighted by molar-refractivity contribution is 0.0876. The fourth-order valence-electron chi connectivity index (χ4n) is 1.76. The molecule has 0 radical (unpaired) electrons. The predicted molar refractivity (Wildman–Crippen MR) is 60.7 cm³/mol. The van der Waals surface area contributed by atoms with Crippen LogP contribution >= 0.6 is 0 Å². The molecule has 4 nitrogen and oxygen atoms in total. The second-order valence-electron chi connectivity index (χ2n) is 4.41. The van der Waals surface area contributed by atoms with Gasteiger partial charge in [-0.2, -0.15) is 0 Å². The Bertz CT molecular complexity index is 289. The molecule has 5 heteroatoms. The van der Waals surface area contributed by atoms with E-state index in [4.69, 9.17) is 4.74 Å². The summed E-state index contributed by atoms with van der Waals surface area (Å²) >= 11 is 0. The first-order valence-electron chi connectivity index (χ1n) is 5.41. The standard InChI is InChI=1S/C10H21NO3S/c1-8(9(2)14-3)11-6-10-4-5-15(12,13)7-10/h8-11H,4-7H2,1-3H3. The van der Waals surface area contributed by atoms with Crippen LogP contribution in [0.25, 0.3) is 0 Å². The molecule has 0 saturated carbocycles. The molecule has 1 N–H and O–H groups in total. The van der Waals surface area contributed by atoms with Gasteiger partial charge in [-0.1, -0.05) is 0 Å². The van der Waals surface area contributed by atoms with Crippen molar-refractivity contribution in [3.8, 4) is 0 Å². The second kappa shape index (κ2) is 5.27. The van der Waals surface area contributed by atoms with Gasteiger partial charge < -0.3 is 10.1 Å². The van der Waals surface area contributed by atoms with Crippen molar-refractivity contribution < 1.29 is 13.2 Å². The third-order valence-electron chi connectivity index (χ3n) is 3.13. The fourth-order valence-corrected chi connectivity index (χ4v) is 3.62. The minimum absolute atomic E-state index is 0.156. The molecule has 0 aromatic carbocycles. The van der Waals surface area contributed by atoms with Gasteiger partial charge in [-0.05, 0) is 32.7 Å². The number of hydrogen-bond acceptors (Lipinski definition) is 4. The van der Waals surface area contributed by atoms with Crippen LogP contribution in [0.15, 0.2) is 0 Å². The Morgan fingerprint density at radius 1 is 1.47 bits per heavy atom. The summed E-state index contributed by atoms with van der Waals surface area (Å²) in [6, 6.07) is 0.262. The van der Waals surface area contributed by atoms with Crippen molar-refractivity contribution in [2.24, 2.45) is 5.92 Å². The third kappa shape index (κ3) is 4.09. The van der Waals surface area contributed by atoms with E-state index in [2.05, 4.69) is 12.2 Å². The van der Waals surface area contributed by atoms with E-state index in [0.29, 0.717) is 11.5 Å². The number of hydrogen-bond donors (Lipinski definition) is 1. The summed E-state index contributed by atoms with van der Waals surface area (Å²) in [5.74, 6) is 0.975. The SMILES string of the molecule is COC(C)C(C)NCC1CCS(=O)(=O)C1. The summed E-state index contributed by atoms with van der Waals surface area (Å²) < 4.78 is 27.6. The van der Waals surface area contributed by atoms with Gasteiger partial charge in [-0.25, -0.2) is 8.42 Å². The number of methoxy groups -OCH3 is 1. The minimum Gasteiger partial charge on any atom is -0.380 e. The Labute approximate surface area is 92.3 Å². The Balaban J connectivity index is 2.27. The maximum atomic E-state index is 11.2. The molecule has 1 heterocycles. The van der Waals surface area contributed by atoms with Crippen LogP contribution in [-0.4, -0.2) is 45.7 Å². The van der Waals surface area contributed by atoms with Gasteiger partial charge in [0.1, 0.15) is 0 Å². The largest absolute Gasteiger partial charge is 0.380 e. The van der Waals surface area contributed by atoms with Gasteiger partial charge in [0.25, 0.3) is 0 Å². The van der Waals surface area contributed by atoms with Crippen molar-refractivity contribution in [1.82, 2.24) is 5.32 Å². The Morgan fingerprint density at radius 3 is 2.60 bits per heavy atom. The normalized spacial score (nSPS) is 28.9. The molecule has 1 aliphatic heterocycles. The van der Waals surface area contributed by atoms with E-state index in [9.17, 15) is 8.42 Å². The van der Waals surface area contributed by atoms with Gasteiger partial charge in [0.15, 0.2) is 9.84 Å². The summed E-state index contributed by atoms with van der Waals surface area (Å²) in [4.78, 5) is 0. The third-order valence-corrected chi connectivity index (χ3v) is 4.97. The average molecular weight is 235 g/mol. The molecule has 1 fully saturated rings. The number of rotatable bonds is 5. The smallest absolute Gasteiger partial charge is 0.150 e. The van der Waals surface area contributed by atoms with Gasteiger partial charge in [0.2, 0.25) is 0 Å². The van der Waals surface area contributed by atoms with Crippen LogP contribution in [0.5, 0.6) is 0 Å². The van der Waals surface area contributed by atoms with E-state index < -0.39 is 9.84 Å². The van der Waals surface area contributed by atoms with Crippen molar-refractivity contribution in [2.75, 3.05) is 25.2 Å². The maximum Gasteiger partial charge on any atom is 0.150 e. The van der Waals surface area contributed by atoms with Crippen molar-refractivity contribution in [2.45, 2.75) is 32.4 Å². The molecule has 90 valence electrons. The van der Waals surface area contributed by atoms with Crippen LogP contribution in [-0.2, 0) is 14.6 Å². The van der Waals surface area contributed by atoms with Gasteiger partial charge in [0.05, 0.1) is 17.6 Å². The van der Waals surface area contributed by atoms with E-state index in [1.54, 1.807) is 7.11 Å². The van der Waals surface area contributed by atoms with E-state index in [0.717, 1.165) is 13.0 Å².